The van der Waals surface area contributed by atoms with Gasteiger partial charge >= 0.3 is 18.6 Å². The summed E-state index contributed by atoms with van der Waals surface area (Å²) < 4.78 is 34.8. The van der Waals surface area contributed by atoms with E-state index < -0.39 is 46.7 Å². The minimum absolute atomic E-state index is 0.0946. The molecule has 0 saturated heterocycles. The Bertz CT molecular complexity index is 895. The number of alkyl halides is 2. The molecule has 1 unspecified atom stereocenters. The van der Waals surface area contributed by atoms with Crippen LogP contribution in [0.5, 0.6) is 5.75 Å². The molecule has 0 radical (unpaired) electrons. The largest absolute Gasteiger partial charge is 0.481 e. The van der Waals surface area contributed by atoms with E-state index in [0.717, 1.165) is 25.3 Å². The molecule has 0 amide bonds. The van der Waals surface area contributed by atoms with Crippen molar-refractivity contribution in [3.63, 3.8) is 0 Å². The number of allylic oxidation sites excluding steroid dienone is 1. The van der Waals surface area contributed by atoms with Gasteiger partial charge in [0.25, 0.3) is 5.69 Å². The van der Waals surface area contributed by atoms with E-state index >= 15 is 0 Å². The maximum Gasteiger partial charge on any atom is 0.387 e. The van der Waals surface area contributed by atoms with Crippen LogP contribution < -0.4 is 4.74 Å². The SMILES string of the molecule is COC(=O)C1=C(C)N=C(C)C(C(=O)O)[C@H]1c1cc([N+](=O)[O-])ccc1OC(F)F. The number of nitrogens with zero attached hydrogens (tertiary/aromatic N) is 2. The Balaban J connectivity index is 2.83. The molecule has 2 rings (SSSR count). The van der Waals surface area contributed by atoms with Crippen LogP contribution in [0, 0.1) is 16.0 Å². The van der Waals surface area contributed by atoms with E-state index in [1.807, 2.05) is 0 Å². The van der Waals surface area contributed by atoms with Crippen molar-refractivity contribution in [3.05, 3.63) is 45.1 Å². The number of aliphatic carboxylic acids is 1. The Morgan fingerprint density at radius 3 is 2.46 bits per heavy atom. The van der Waals surface area contributed by atoms with Crippen molar-refractivity contribution in [2.75, 3.05) is 7.11 Å². The Labute approximate surface area is 157 Å². The minimum Gasteiger partial charge on any atom is -0.481 e. The maximum absolute atomic E-state index is 12.9. The molecular formula is C17H16F2N2O7. The fourth-order valence-electron chi connectivity index (χ4n) is 3.16. The topological polar surface area (TPSA) is 128 Å². The molecule has 9 nitrogen and oxygen atoms in total. The number of carboxylic acids is 1. The van der Waals surface area contributed by atoms with Crippen molar-refractivity contribution in [2.24, 2.45) is 10.9 Å². The van der Waals surface area contributed by atoms with E-state index in [-0.39, 0.29) is 22.5 Å². The summed E-state index contributed by atoms with van der Waals surface area (Å²) in [5, 5.41) is 20.8. The van der Waals surface area contributed by atoms with Crippen LogP contribution in [0.25, 0.3) is 0 Å². The van der Waals surface area contributed by atoms with Crippen LogP contribution in [-0.4, -0.2) is 41.4 Å². The molecule has 1 heterocycles. The van der Waals surface area contributed by atoms with Crippen LogP contribution in [-0.2, 0) is 14.3 Å². The standard InChI is InChI=1S/C17H16F2N2O7/c1-7-12(15(22)23)14(13(8(2)20-7)16(24)27-3)10-6-9(21(25)26)4-5-11(10)28-17(18)19/h4-6,12,14,17H,1-3H3,(H,22,23)/t12?,14-/m1/s1. The highest BCUT2D eigenvalue weighted by Crippen LogP contribution is 2.44. The van der Waals surface area contributed by atoms with Gasteiger partial charge in [0.1, 0.15) is 11.7 Å². The summed E-state index contributed by atoms with van der Waals surface area (Å²) >= 11 is 0. The molecule has 1 aliphatic heterocycles. The van der Waals surface area contributed by atoms with Crippen LogP contribution in [0.1, 0.15) is 25.3 Å². The van der Waals surface area contributed by atoms with Crippen LogP contribution in [0.2, 0.25) is 0 Å². The molecule has 1 aliphatic rings. The number of halogens is 2. The lowest BCUT2D eigenvalue weighted by molar-refractivity contribution is -0.385. The lowest BCUT2D eigenvalue weighted by Gasteiger charge is -2.31. The monoisotopic (exact) mass is 398 g/mol. The second kappa shape index (κ2) is 8.11. The molecule has 0 saturated carbocycles. The Morgan fingerprint density at radius 2 is 1.96 bits per heavy atom. The second-order valence-corrected chi connectivity index (χ2v) is 5.90. The highest BCUT2D eigenvalue weighted by molar-refractivity contribution is 6.06. The smallest absolute Gasteiger partial charge is 0.387 e. The number of carbonyl (C=O) groups is 2. The van der Waals surface area contributed by atoms with Crippen molar-refractivity contribution >= 4 is 23.3 Å². The Hall–Kier alpha value is -3.37. The predicted molar refractivity (Wildman–Crippen MR) is 91.4 cm³/mol. The van der Waals surface area contributed by atoms with E-state index in [4.69, 9.17) is 4.74 Å². The maximum atomic E-state index is 12.9. The number of carboxylic acid groups (broad SMARTS) is 1. The van der Waals surface area contributed by atoms with Crippen molar-refractivity contribution in [1.29, 1.82) is 0 Å². The third kappa shape index (κ3) is 3.97. The van der Waals surface area contributed by atoms with Gasteiger partial charge in [-0.3, -0.25) is 19.9 Å². The van der Waals surface area contributed by atoms with E-state index in [0.29, 0.717) is 0 Å². The molecular weight excluding hydrogens is 382 g/mol. The van der Waals surface area contributed by atoms with Crippen molar-refractivity contribution < 1.29 is 37.9 Å². The molecule has 150 valence electrons. The molecule has 1 aromatic carbocycles. The van der Waals surface area contributed by atoms with Gasteiger partial charge < -0.3 is 14.6 Å². The molecule has 11 heteroatoms. The molecule has 1 aromatic rings. The van der Waals surface area contributed by atoms with Crippen molar-refractivity contribution in [1.82, 2.24) is 0 Å². The number of carbonyl (C=O) groups excluding carboxylic acids is 1. The van der Waals surface area contributed by atoms with Crippen LogP contribution in [0.3, 0.4) is 0 Å². The third-order valence-electron chi connectivity index (χ3n) is 4.25. The van der Waals surface area contributed by atoms with Crippen molar-refractivity contribution in [3.8, 4) is 5.75 Å². The number of methoxy groups -OCH3 is 1. The van der Waals surface area contributed by atoms with Gasteiger partial charge in [-0.15, -0.1) is 0 Å². The highest BCUT2D eigenvalue weighted by Gasteiger charge is 2.43. The Kier molecular flexibility index (Phi) is 6.06. The summed E-state index contributed by atoms with van der Waals surface area (Å²) in [4.78, 5) is 38.6. The van der Waals surface area contributed by atoms with E-state index in [1.165, 1.54) is 13.8 Å². The fraction of sp³-hybridized carbons (Fsp3) is 0.353. The van der Waals surface area contributed by atoms with Gasteiger partial charge in [0.05, 0.1) is 17.6 Å². The quantitative estimate of drug-likeness (QED) is 0.443. The number of esters is 1. The molecule has 0 aromatic heterocycles. The van der Waals surface area contributed by atoms with Gasteiger partial charge in [-0.25, -0.2) is 4.79 Å². The molecule has 0 bridgehead atoms. The summed E-state index contributed by atoms with van der Waals surface area (Å²) in [5.41, 5.74) is -0.739. The van der Waals surface area contributed by atoms with Gasteiger partial charge in [0.15, 0.2) is 0 Å². The molecule has 0 fully saturated rings. The molecule has 0 aliphatic carbocycles. The first-order chi connectivity index (χ1) is 13.1. The van der Waals surface area contributed by atoms with Gasteiger partial charge in [0.2, 0.25) is 0 Å². The lowest BCUT2D eigenvalue weighted by atomic mass is 9.75. The van der Waals surface area contributed by atoms with E-state index in [9.17, 15) is 33.6 Å². The number of nitro benzene ring substituents is 1. The van der Waals surface area contributed by atoms with Gasteiger partial charge in [-0.05, 0) is 19.9 Å². The van der Waals surface area contributed by atoms with Crippen LogP contribution >= 0.6 is 0 Å². The van der Waals surface area contributed by atoms with E-state index in [2.05, 4.69) is 9.73 Å². The summed E-state index contributed by atoms with van der Waals surface area (Å²) in [6.07, 6.45) is 0. The number of aliphatic imine (C=N–C) groups is 1. The number of hydrogen-bond acceptors (Lipinski definition) is 7. The zero-order valence-electron chi connectivity index (χ0n) is 15.0. The summed E-state index contributed by atoms with van der Waals surface area (Å²) in [5.74, 6) is -5.63. The predicted octanol–water partition coefficient (Wildman–Crippen LogP) is 2.90. The Morgan fingerprint density at radius 1 is 1.32 bits per heavy atom. The first kappa shape index (κ1) is 20.9. The van der Waals surface area contributed by atoms with Crippen molar-refractivity contribution in [2.45, 2.75) is 26.4 Å². The number of nitro groups is 1. The highest BCUT2D eigenvalue weighted by atomic mass is 19.3. The van der Waals surface area contributed by atoms with E-state index in [1.54, 1.807) is 0 Å². The fourth-order valence-corrected chi connectivity index (χ4v) is 3.16. The van der Waals surface area contributed by atoms with Crippen LogP contribution in [0.4, 0.5) is 14.5 Å². The van der Waals surface area contributed by atoms with Crippen LogP contribution in [0.15, 0.2) is 34.5 Å². The first-order valence-electron chi connectivity index (χ1n) is 7.88. The van der Waals surface area contributed by atoms with Gasteiger partial charge in [-0.2, -0.15) is 8.78 Å². The number of benzene rings is 1. The minimum atomic E-state index is -3.27. The third-order valence-corrected chi connectivity index (χ3v) is 4.25. The summed E-state index contributed by atoms with van der Waals surface area (Å²) in [6.45, 7) is -0.450. The average Bonchev–Trinajstić information content (AvgIpc) is 2.59. The molecule has 1 N–H and O–H groups in total. The zero-order chi connectivity index (χ0) is 21.2. The number of non-ortho nitro benzene ring substituents is 1. The second-order valence-electron chi connectivity index (χ2n) is 5.90. The number of hydrogen-bond donors (Lipinski definition) is 1. The zero-order valence-corrected chi connectivity index (χ0v) is 15.0. The lowest BCUT2D eigenvalue weighted by Crippen LogP contribution is -2.35. The normalized spacial score (nSPS) is 19.3. The number of ether oxygens (including phenoxy) is 2. The van der Waals surface area contributed by atoms with Gasteiger partial charge in [0, 0.05) is 35.0 Å². The summed E-state index contributed by atoms with van der Waals surface area (Å²) in [6, 6.07) is 2.78. The number of rotatable bonds is 6. The first-order valence-corrected chi connectivity index (χ1v) is 7.88. The molecule has 2 atom stereocenters. The van der Waals surface area contributed by atoms with Gasteiger partial charge in [-0.1, -0.05) is 0 Å². The molecule has 28 heavy (non-hydrogen) atoms. The molecule has 0 spiro atoms. The summed E-state index contributed by atoms with van der Waals surface area (Å²) in [7, 11) is 1.06. The average molecular weight is 398 g/mol.